The minimum Gasteiger partial charge on any atom is -0.325 e. The van der Waals surface area contributed by atoms with Crippen molar-refractivity contribution >= 4 is 21.6 Å². The molecule has 1 aromatic rings. The molecule has 86 valence electrons. The van der Waals surface area contributed by atoms with Gasteiger partial charge < -0.3 is 5.73 Å². The van der Waals surface area contributed by atoms with E-state index in [1.54, 1.807) is 6.07 Å². The first-order valence-electron chi connectivity index (χ1n) is 5.21. The largest absolute Gasteiger partial charge is 0.325 e. The van der Waals surface area contributed by atoms with E-state index < -0.39 is 0 Å². The van der Waals surface area contributed by atoms with Crippen molar-refractivity contribution in [1.82, 2.24) is 0 Å². The third-order valence-electron chi connectivity index (χ3n) is 2.96. The van der Waals surface area contributed by atoms with Gasteiger partial charge in [0.1, 0.15) is 0 Å². The van der Waals surface area contributed by atoms with Crippen LogP contribution in [0.25, 0.3) is 0 Å². The minimum absolute atomic E-state index is 0.00288. The SMILES string of the molecule is NC1(CCc2cc(Br)cc([N+](=O)[O-])c2)CC1. The number of hydrogen-bond acceptors (Lipinski definition) is 3. The Kier molecular flexibility index (Phi) is 2.99. The smallest absolute Gasteiger partial charge is 0.270 e. The molecule has 4 nitrogen and oxygen atoms in total. The summed E-state index contributed by atoms with van der Waals surface area (Å²) in [6.07, 6.45) is 3.85. The molecule has 16 heavy (non-hydrogen) atoms. The number of non-ortho nitro benzene ring substituents is 1. The van der Waals surface area contributed by atoms with E-state index >= 15 is 0 Å². The summed E-state index contributed by atoms with van der Waals surface area (Å²) in [6, 6.07) is 5.05. The van der Waals surface area contributed by atoms with Crippen LogP contribution in [0.4, 0.5) is 5.69 Å². The van der Waals surface area contributed by atoms with E-state index in [2.05, 4.69) is 15.9 Å². The number of aryl methyl sites for hydroxylation is 1. The van der Waals surface area contributed by atoms with Crippen molar-refractivity contribution in [3.8, 4) is 0 Å². The van der Waals surface area contributed by atoms with E-state index in [9.17, 15) is 10.1 Å². The average Bonchev–Trinajstić information content (AvgIpc) is 2.94. The number of rotatable bonds is 4. The number of nitrogens with two attached hydrogens (primary N) is 1. The van der Waals surface area contributed by atoms with Crippen LogP contribution in [-0.4, -0.2) is 10.5 Å². The zero-order valence-corrected chi connectivity index (χ0v) is 10.4. The van der Waals surface area contributed by atoms with Crippen molar-refractivity contribution in [3.63, 3.8) is 0 Å². The molecule has 0 spiro atoms. The number of nitrogens with zero attached hydrogens (tertiary/aromatic N) is 1. The van der Waals surface area contributed by atoms with Crippen LogP contribution >= 0.6 is 15.9 Å². The van der Waals surface area contributed by atoms with Gasteiger partial charge in [-0.3, -0.25) is 10.1 Å². The second kappa shape index (κ2) is 4.14. The molecule has 1 aromatic carbocycles. The molecule has 0 aliphatic heterocycles. The van der Waals surface area contributed by atoms with Crippen LogP contribution in [0.3, 0.4) is 0 Å². The van der Waals surface area contributed by atoms with E-state index in [1.807, 2.05) is 6.07 Å². The molecule has 1 aliphatic carbocycles. The highest BCUT2D eigenvalue weighted by atomic mass is 79.9. The van der Waals surface area contributed by atoms with Gasteiger partial charge in [0.25, 0.3) is 5.69 Å². The number of hydrogen-bond donors (Lipinski definition) is 1. The molecule has 1 saturated carbocycles. The topological polar surface area (TPSA) is 69.2 Å². The highest BCUT2D eigenvalue weighted by Crippen LogP contribution is 2.37. The molecular weight excluding hydrogens is 272 g/mol. The maximum absolute atomic E-state index is 10.7. The zero-order chi connectivity index (χ0) is 11.8. The van der Waals surface area contributed by atoms with Crippen molar-refractivity contribution in [2.45, 2.75) is 31.2 Å². The molecule has 5 heteroatoms. The summed E-state index contributed by atoms with van der Waals surface area (Å²) in [5, 5.41) is 10.7. The quantitative estimate of drug-likeness (QED) is 0.683. The monoisotopic (exact) mass is 284 g/mol. The number of halogens is 1. The molecule has 2 N–H and O–H groups in total. The van der Waals surface area contributed by atoms with Gasteiger partial charge in [-0.1, -0.05) is 15.9 Å². The highest BCUT2D eigenvalue weighted by molar-refractivity contribution is 9.10. The molecule has 0 bridgehead atoms. The van der Waals surface area contributed by atoms with E-state index in [-0.39, 0.29) is 16.1 Å². The lowest BCUT2D eigenvalue weighted by molar-refractivity contribution is -0.385. The first-order valence-corrected chi connectivity index (χ1v) is 6.01. The van der Waals surface area contributed by atoms with E-state index in [1.165, 1.54) is 6.07 Å². The zero-order valence-electron chi connectivity index (χ0n) is 8.78. The Hall–Kier alpha value is -0.940. The Labute approximate surface area is 102 Å². The molecule has 0 atom stereocenters. The number of nitro groups is 1. The van der Waals surface area contributed by atoms with Crippen LogP contribution in [0.15, 0.2) is 22.7 Å². The van der Waals surface area contributed by atoms with E-state index in [0.717, 1.165) is 35.7 Å². The summed E-state index contributed by atoms with van der Waals surface area (Å²) >= 11 is 3.28. The van der Waals surface area contributed by atoms with Gasteiger partial charge in [0.2, 0.25) is 0 Å². The lowest BCUT2D eigenvalue weighted by Gasteiger charge is -2.08. The molecule has 0 amide bonds. The Bertz CT molecular complexity index is 430. The predicted octanol–water partition coefficient (Wildman–Crippen LogP) is 2.78. The van der Waals surface area contributed by atoms with Gasteiger partial charge in [-0.05, 0) is 37.3 Å². The first kappa shape index (κ1) is 11.5. The van der Waals surface area contributed by atoms with Crippen LogP contribution in [0.1, 0.15) is 24.8 Å². The average molecular weight is 285 g/mol. The molecular formula is C11H13BrN2O2. The Morgan fingerprint density at radius 3 is 2.69 bits per heavy atom. The second-order valence-corrected chi connectivity index (χ2v) is 5.35. The maximum atomic E-state index is 10.7. The van der Waals surface area contributed by atoms with Gasteiger partial charge in [-0.2, -0.15) is 0 Å². The van der Waals surface area contributed by atoms with Crippen molar-refractivity contribution < 1.29 is 4.92 Å². The van der Waals surface area contributed by atoms with Crippen molar-refractivity contribution in [2.75, 3.05) is 0 Å². The van der Waals surface area contributed by atoms with Gasteiger partial charge in [0.05, 0.1) is 4.92 Å². The fraction of sp³-hybridized carbons (Fsp3) is 0.455. The van der Waals surface area contributed by atoms with Crippen molar-refractivity contribution in [3.05, 3.63) is 38.3 Å². The van der Waals surface area contributed by atoms with Crippen molar-refractivity contribution in [1.29, 1.82) is 0 Å². The number of nitro benzene ring substituents is 1. The lowest BCUT2D eigenvalue weighted by atomic mass is 10.0. The Morgan fingerprint density at radius 1 is 1.44 bits per heavy atom. The van der Waals surface area contributed by atoms with Gasteiger partial charge in [0, 0.05) is 22.1 Å². The molecule has 2 rings (SSSR count). The lowest BCUT2D eigenvalue weighted by Crippen LogP contribution is -2.22. The van der Waals surface area contributed by atoms with Crippen LogP contribution < -0.4 is 5.73 Å². The summed E-state index contributed by atoms with van der Waals surface area (Å²) in [7, 11) is 0. The van der Waals surface area contributed by atoms with Gasteiger partial charge in [-0.25, -0.2) is 0 Å². The fourth-order valence-electron chi connectivity index (χ4n) is 1.69. The van der Waals surface area contributed by atoms with E-state index in [0.29, 0.717) is 0 Å². The van der Waals surface area contributed by atoms with E-state index in [4.69, 9.17) is 5.73 Å². The van der Waals surface area contributed by atoms with Crippen LogP contribution in [0.2, 0.25) is 0 Å². The third kappa shape index (κ3) is 2.80. The predicted molar refractivity (Wildman–Crippen MR) is 65.3 cm³/mol. The first-order chi connectivity index (χ1) is 7.48. The molecule has 0 saturated heterocycles. The molecule has 1 aliphatic rings. The van der Waals surface area contributed by atoms with Crippen LogP contribution in [-0.2, 0) is 6.42 Å². The molecule has 1 fully saturated rings. The normalized spacial score (nSPS) is 17.1. The van der Waals surface area contributed by atoms with Crippen LogP contribution in [0, 0.1) is 10.1 Å². The fourth-order valence-corrected chi connectivity index (χ4v) is 2.22. The highest BCUT2D eigenvalue weighted by Gasteiger charge is 2.37. The Morgan fingerprint density at radius 2 is 2.12 bits per heavy atom. The molecule has 0 unspecified atom stereocenters. The van der Waals surface area contributed by atoms with Gasteiger partial charge in [-0.15, -0.1) is 0 Å². The summed E-state index contributed by atoms with van der Waals surface area (Å²) in [5.74, 6) is 0. The second-order valence-electron chi connectivity index (χ2n) is 4.44. The molecule has 0 heterocycles. The minimum atomic E-state index is -0.371. The standard InChI is InChI=1S/C11H13BrN2O2/c12-9-5-8(1-2-11(13)3-4-11)6-10(7-9)14(15)16/h5-7H,1-4,13H2. The Balaban J connectivity index is 2.10. The van der Waals surface area contributed by atoms with Gasteiger partial charge in [0.15, 0.2) is 0 Å². The summed E-state index contributed by atoms with van der Waals surface area (Å²) in [5.41, 5.74) is 7.08. The van der Waals surface area contributed by atoms with Crippen LogP contribution in [0.5, 0.6) is 0 Å². The maximum Gasteiger partial charge on any atom is 0.270 e. The number of benzene rings is 1. The third-order valence-corrected chi connectivity index (χ3v) is 3.41. The molecule has 0 aromatic heterocycles. The molecule has 0 radical (unpaired) electrons. The summed E-state index contributed by atoms with van der Waals surface area (Å²) in [4.78, 5) is 10.3. The van der Waals surface area contributed by atoms with Gasteiger partial charge >= 0.3 is 0 Å². The summed E-state index contributed by atoms with van der Waals surface area (Å²) in [6.45, 7) is 0. The summed E-state index contributed by atoms with van der Waals surface area (Å²) < 4.78 is 0.749. The van der Waals surface area contributed by atoms with Crippen molar-refractivity contribution in [2.24, 2.45) is 5.73 Å².